The van der Waals surface area contributed by atoms with Crippen molar-refractivity contribution in [2.24, 2.45) is 5.14 Å². The normalized spacial score (nSPS) is 11.6. The molecule has 0 atom stereocenters. The Labute approximate surface area is 199 Å². The summed E-state index contributed by atoms with van der Waals surface area (Å²) in [5.41, 5.74) is 4.48. The maximum absolute atomic E-state index is 12.8. The third kappa shape index (κ3) is 6.29. The van der Waals surface area contributed by atoms with E-state index in [9.17, 15) is 16.8 Å². The number of sulfonamides is 2. The van der Waals surface area contributed by atoms with Crippen LogP contribution >= 0.6 is 12.2 Å². The standard InChI is InChI=1S/C22H24N4O4S3/c1-14-12-15(2)21(16(3)13-14)26-33(29,30)20-10-6-18(7-11-20)25-22(31)24-17-4-8-19(9-5-17)32(23,27)28/h4-13,26H,1-3H3,(H2,23,27,28)(H2,24,25,31). The molecule has 0 radical (unpaired) electrons. The molecule has 0 amide bonds. The average Bonchev–Trinajstić information content (AvgIpc) is 2.71. The summed E-state index contributed by atoms with van der Waals surface area (Å²) in [5.74, 6) is 0. The number of nitrogens with one attached hydrogen (secondary N) is 3. The van der Waals surface area contributed by atoms with E-state index in [0.717, 1.165) is 16.7 Å². The Morgan fingerprint density at radius 2 is 1.18 bits per heavy atom. The topological polar surface area (TPSA) is 130 Å². The quantitative estimate of drug-likeness (QED) is 0.375. The second kappa shape index (κ2) is 9.48. The maximum atomic E-state index is 12.8. The second-order valence-corrected chi connectivity index (χ2v) is 11.2. The number of primary sulfonamides is 1. The average molecular weight is 505 g/mol. The Hall–Kier alpha value is -2.99. The summed E-state index contributed by atoms with van der Waals surface area (Å²) in [6, 6.07) is 15.8. The van der Waals surface area contributed by atoms with E-state index in [-0.39, 0.29) is 14.9 Å². The third-order valence-corrected chi connectivity index (χ3v) is 7.28. The molecule has 3 aromatic rings. The number of rotatable bonds is 6. The first-order valence-corrected chi connectivity index (χ1v) is 13.2. The molecule has 0 heterocycles. The van der Waals surface area contributed by atoms with Gasteiger partial charge in [-0.2, -0.15) is 0 Å². The van der Waals surface area contributed by atoms with E-state index in [2.05, 4.69) is 15.4 Å². The largest absolute Gasteiger partial charge is 0.332 e. The van der Waals surface area contributed by atoms with Crippen LogP contribution in [0.4, 0.5) is 17.1 Å². The summed E-state index contributed by atoms with van der Waals surface area (Å²) in [6.07, 6.45) is 0. The second-order valence-electron chi connectivity index (χ2n) is 7.55. The van der Waals surface area contributed by atoms with Gasteiger partial charge in [0.2, 0.25) is 10.0 Å². The van der Waals surface area contributed by atoms with Crippen LogP contribution < -0.4 is 20.5 Å². The summed E-state index contributed by atoms with van der Waals surface area (Å²) < 4.78 is 51.0. The summed E-state index contributed by atoms with van der Waals surface area (Å²) in [4.78, 5) is 0.109. The van der Waals surface area contributed by atoms with Crippen LogP contribution in [0, 0.1) is 20.8 Å². The number of benzene rings is 3. The highest BCUT2D eigenvalue weighted by molar-refractivity contribution is 7.92. The number of nitrogens with two attached hydrogens (primary N) is 1. The molecule has 0 bridgehead atoms. The van der Waals surface area contributed by atoms with Crippen molar-refractivity contribution in [1.29, 1.82) is 0 Å². The van der Waals surface area contributed by atoms with Crippen LogP contribution in [0.25, 0.3) is 0 Å². The van der Waals surface area contributed by atoms with E-state index < -0.39 is 20.0 Å². The van der Waals surface area contributed by atoms with Gasteiger partial charge in [0.1, 0.15) is 0 Å². The fourth-order valence-electron chi connectivity index (χ4n) is 3.27. The summed E-state index contributed by atoms with van der Waals surface area (Å²) >= 11 is 5.26. The zero-order valence-corrected chi connectivity index (χ0v) is 20.7. The molecule has 0 aliphatic rings. The first-order valence-electron chi connectivity index (χ1n) is 9.77. The molecule has 33 heavy (non-hydrogen) atoms. The smallest absolute Gasteiger partial charge is 0.261 e. The minimum Gasteiger partial charge on any atom is -0.332 e. The summed E-state index contributed by atoms with van der Waals surface area (Å²) in [6.45, 7) is 5.69. The predicted octanol–water partition coefficient (Wildman–Crippen LogP) is 3.87. The number of anilines is 3. The molecule has 3 aromatic carbocycles. The van der Waals surface area contributed by atoms with Crippen molar-refractivity contribution < 1.29 is 16.8 Å². The van der Waals surface area contributed by atoms with Gasteiger partial charge in [0.15, 0.2) is 5.11 Å². The summed E-state index contributed by atoms with van der Waals surface area (Å²) in [5, 5.41) is 11.2. The van der Waals surface area contributed by atoms with Gasteiger partial charge in [0, 0.05) is 11.4 Å². The molecular weight excluding hydrogens is 480 g/mol. The number of hydrogen-bond donors (Lipinski definition) is 4. The van der Waals surface area contributed by atoms with Crippen molar-refractivity contribution in [3.05, 3.63) is 77.4 Å². The lowest BCUT2D eigenvalue weighted by Gasteiger charge is -2.15. The van der Waals surface area contributed by atoms with Gasteiger partial charge in [0.05, 0.1) is 15.5 Å². The first kappa shape index (κ1) is 24.6. The van der Waals surface area contributed by atoms with Crippen molar-refractivity contribution in [2.45, 2.75) is 30.6 Å². The maximum Gasteiger partial charge on any atom is 0.261 e. The molecule has 8 nitrogen and oxygen atoms in total. The fourth-order valence-corrected chi connectivity index (χ4v) is 5.23. The van der Waals surface area contributed by atoms with Gasteiger partial charge in [-0.3, -0.25) is 4.72 Å². The van der Waals surface area contributed by atoms with E-state index >= 15 is 0 Å². The van der Waals surface area contributed by atoms with E-state index in [1.807, 2.05) is 32.9 Å². The molecule has 174 valence electrons. The van der Waals surface area contributed by atoms with Crippen LogP contribution in [0.3, 0.4) is 0 Å². The van der Waals surface area contributed by atoms with Gasteiger partial charge in [-0.15, -0.1) is 0 Å². The Morgan fingerprint density at radius 3 is 1.61 bits per heavy atom. The van der Waals surface area contributed by atoms with Gasteiger partial charge in [0.25, 0.3) is 10.0 Å². The van der Waals surface area contributed by atoms with Crippen molar-refractivity contribution in [1.82, 2.24) is 0 Å². The van der Waals surface area contributed by atoms with E-state index in [1.165, 1.54) is 36.4 Å². The van der Waals surface area contributed by atoms with Crippen molar-refractivity contribution >= 4 is 54.4 Å². The van der Waals surface area contributed by atoms with Crippen LogP contribution in [0.5, 0.6) is 0 Å². The zero-order valence-electron chi connectivity index (χ0n) is 18.2. The highest BCUT2D eigenvalue weighted by Gasteiger charge is 2.17. The SMILES string of the molecule is Cc1cc(C)c(NS(=O)(=O)c2ccc(NC(=S)Nc3ccc(S(N)(=O)=O)cc3)cc2)c(C)c1. The van der Waals surface area contributed by atoms with Gasteiger partial charge in [-0.1, -0.05) is 17.7 Å². The highest BCUT2D eigenvalue weighted by Crippen LogP contribution is 2.25. The third-order valence-electron chi connectivity index (χ3n) is 4.78. The van der Waals surface area contributed by atoms with Crippen LogP contribution in [-0.2, 0) is 20.0 Å². The molecule has 0 saturated heterocycles. The molecule has 0 fully saturated rings. The highest BCUT2D eigenvalue weighted by atomic mass is 32.2. The first-order chi connectivity index (χ1) is 15.3. The lowest BCUT2D eigenvalue weighted by Crippen LogP contribution is -2.19. The fraction of sp³-hybridized carbons (Fsp3) is 0.136. The molecule has 5 N–H and O–H groups in total. The monoisotopic (exact) mass is 504 g/mol. The van der Waals surface area contributed by atoms with Crippen LogP contribution in [-0.4, -0.2) is 21.9 Å². The van der Waals surface area contributed by atoms with Crippen LogP contribution in [0.2, 0.25) is 0 Å². The lowest BCUT2D eigenvalue weighted by atomic mass is 10.1. The minimum atomic E-state index is -3.77. The molecule has 3 rings (SSSR count). The Morgan fingerprint density at radius 1 is 0.758 bits per heavy atom. The van der Waals surface area contributed by atoms with E-state index in [4.69, 9.17) is 17.4 Å². The van der Waals surface area contributed by atoms with Crippen molar-refractivity contribution in [3.63, 3.8) is 0 Å². The van der Waals surface area contributed by atoms with Gasteiger partial charge in [-0.05, 0) is 92.6 Å². The van der Waals surface area contributed by atoms with Crippen LogP contribution in [0.15, 0.2) is 70.5 Å². The zero-order chi connectivity index (χ0) is 24.4. The van der Waals surface area contributed by atoms with Gasteiger partial charge < -0.3 is 10.6 Å². The van der Waals surface area contributed by atoms with Crippen molar-refractivity contribution in [2.75, 3.05) is 15.4 Å². The number of thiocarbonyl (C=S) groups is 1. The Kier molecular flexibility index (Phi) is 7.08. The number of hydrogen-bond acceptors (Lipinski definition) is 5. The summed E-state index contributed by atoms with van der Waals surface area (Å²) in [7, 11) is -7.54. The molecule has 0 aliphatic carbocycles. The van der Waals surface area contributed by atoms with Crippen molar-refractivity contribution in [3.8, 4) is 0 Å². The predicted molar refractivity (Wildman–Crippen MR) is 136 cm³/mol. The molecule has 11 heteroatoms. The molecule has 0 aliphatic heterocycles. The van der Waals surface area contributed by atoms with Crippen LogP contribution in [0.1, 0.15) is 16.7 Å². The Balaban J connectivity index is 1.68. The molecule has 0 aromatic heterocycles. The molecular formula is C22H24N4O4S3. The minimum absolute atomic E-state index is 0.00615. The molecule has 0 spiro atoms. The molecule has 0 saturated carbocycles. The van der Waals surface area contributed by atoms with Gasteiger partial charge >= 0.3 is 0 Å². The van der Waals surface area contributed by atoms with E-state index in [1.54, 1.807) is 12.1 Å². The lowest BCUT2D eigenvalue weighted by molar-refractivity contribution is 0.597. The number of aryl methyl sites for hydroxylation is 3. The Bertz CT molecular complexity index is 1380. The van der Waals surface area contributed by atoms with Gasteiger partial charge in [-0.25, -0.2) is 22.0 Å². The van der Waals surface area contributed by atoms with E-state index in [0.29, 0.717) is 17.1 Å². The molecule has 0 unspecified atom stereocenters.